The minimum Gasteiger partial charge on any atom is -0.496 e. The van der Waals surface area contributed by atoms with Gasteiger partial charge < -0.3 is 15.4 Å². The van der Waals surface area contributed by atoms with Crippen molar-refractivity contribution < 1.29 is 4.74 Å². The first-order valence-electron chi connectivity index (χ1n) is 6.40. The van der Waals surface area contributed by atoms with Crippen LogP contribution in [-0.2, 0) is 13.1 Å². The van der Waals surface area contributed by atoms with Gasteiger partial charge in [0, 0.05) is 25.2 Å². The van der Waals surface area contributed by atoms with Gasteiger partial charge in [0.15, 0.2) is 0 Å². The molecule has 1 rings (SSSR count). The smallest absolute Gasteiger partial charge is 0.123 e. The molecule has 0 saturated carbocycles. The van der Waals surface area contributed by atoms with Crippen LogP contribution in [0.3, 0.4) is 0 Å². The third-order valence-electron chi connectivity index (χ3n) is 2.76. The van der Waals surface area contributed by atoms with Gasteiger partial charge in [0.2, 0.25) is 0 Å². The monoisotopic (exact) mass is 250 g/mol. The van der Waals surface area contributed by atoms with Crippen molar-refractivity contribution in [3.8, 4) is 5.75 Å². The molecule has 0 fully saturated rings. The van der Waals surface area contributed by atoms with Gasteiger partial charge in [0.25, 0.3) is 0 Å². The second kappa shape index (κ2) is 6.21. The molecule has 1 aromatic rings. The Labute approximate surface area is 111 Å². The summed E-state index contributed by atoms with van der Waals surface area (Å²) < 4.78 is 5.28. The maximum Gasteiger partial charge on any atom is 0.123 e. The first kappa shape index (κ1) is 15.0. The Morgan fingerprint density at radius 1 is 1.28 bits per heavy atom. The summed E-state index contributed by atoms with van der Waals surface area (Å²) in [6.45, 7) is 9.28. The molecule has 0 spiro atoms. The molecule has 0 unspecified atom stereocenters. The molecule has 0 aromatic heterocycles. The maximum atomic E-state index is 5.73. The molecular formula is C15H26N2O. The quantitative estimate of drug-likeness (QED) is 0.873. The van der Waals surface area contributed by atoms with Crippen LogP contribution < -0.4 is 10.5 Å². The minimum atomic E-state index is 0.317. The number of hydrogen-bond donors (Lipinski definition) is 1. The Kier molecular flexibility index (Phi) is 5.17. The van der Waals surface area contributed by atoms with E-state index in [1.165, 1.54) is 5.56 Å². The van der Waals surface area contributed by atoms with Gasteiger partial charge in [0.1, 0.15) is 5.75 Å². The number of nitrogens with two attached hydrogens (primary N) is 1. The molecule has 0 radical (unpaired) electrons. The molecule has 0 aliphatic heterocycles. The zero-order chi connectivity index (χ0) is 13.8. The standard InChI is InChI=1S/C15H26N2O/c1-15(2,3)11-17(4)10-12-6-7-14(18-5)13(8-12)9-16/h6-8H,9-11,16H2,1-5H3. The topological polar surface area (TPSA) is 38.5 Å². The van der Waals surface area contributed by atoms with E-state index in [4.69, 9.17) is 10.5 Å². The van der Waals surface area contributed by atoms with E-state index < -0.39 is 0 Å². The highest BCUT2D eigenvalue weighted by atomic mass is 16.5. The number of benzene rings is 1. The zero-order valence-electron chi connectivity index (χ0n) is 12.3. The number of nitrogens with zero attached hydrogens (tertiary/aromatic N) is 1. The molecular weight excluding hydrogens is 224 g/mol. The Balaban J connectivity index is 2.73. The second-order valence-corrected chi connectivity index (χ2v) is 6.08. The summed E-state index contributed by atoms with van der Waals surface area (Å²) >= 11 is 0. The van der Waals surface area contributed by atoms with Crippen molar-refractivity contribution in [1.82, 2.24) is 4.90 Å². The molecule has 1 aromatic carbocycles. The third-order valence-corrected chi connectivity index (χ3v) is 2.76. The van der Waals surface area contributed by atoms with Crippen LogP contribution in [0.25, 0.3) is 0 Å². The molecule has 102 valence electrons. The summed E-state index contributed by atoms with van der Waals surface area (Å²) in [6, 6.07) is 6.25. The SMILES string of the molecule is COc1ccc(CN(C)CC(C)(C)C)cc1CN. The lowest BCUT2D eigenvalue weighted by molar-refractivity contribution is 0.220. The van der Waals surface area contributed by atoms with Crippen LogP contribution in [0.2, 0.25) is 0 Å². The number of ether oxygens (including phenoxy) is 1. The molecule has 0 amide bonds. The summed E-state index contributed by atoms with van der Waals surface area (Å²) in [7, 11) is 3.83. The summed E-state index contributed by atoms with van der Waals surface area (Å²) in [5.74, 6) is 0.875. The van der Waals surface area contributed by atoms with Gasteiger partial charge in [0.05, 0.1) is 7.11 Å². The molecule has 3 heteroatoms. The summed E-state index contributed by atoms with van der Waals surface area (Å²) in [6.07, 6.45) is 0. The molecule has 3 nitrogen and oxygen atoms in total. The van der Waals surface area contributed by atoms with Crippen molar-refractivity contribution in [1.29, 1.82) is 0 Å². The van der Waals surface area contributed by atoms with E-state index in [0.29, 0.717) is 12.0 Å². The van der Waals surface area contributed by atoms with E-state index in [0.717, 1.165) is 24.4 Å². The van der Waals surface area contributed by atoms with E-state index in [1.807, 2.05) is 6.07 Å². The Morgan fingerprint density at radius 3 is 2.44 bits per heavy atom. The van der Waals surface area contributed by atoms with Crippen LogP contribution >= 0.6 is 0 Å². The van der Waals surface area contributed by atoms with Crippen LogP contribution in [0.15, 0.2) is 18.2 Å². The van der Waals surface area contributed by atoms with E-state index >= 15 is 0 Å². The van der Waals surface area contributed by atoms with Crippen LogP contribution in [0.5, 0.6) is 5.75 Å². The number of methoxy groups -OCH3 is 1. The Morgan fingerprint density at radius 2 is 1.94 bits per heavy atom. The highest BCUT2D eigenvalue weighted by Gasteiger charge is 2.14. The highest BCUT2D eigenvalue weighted by Crippen LogP contribution is 2.21. The molecule has 18 heavy (non-hydrogen) atoms. The van der Waals surface area contributed by atoms with E-state index in [1.54, 1.807) is 7.11 Å². The van der Waals surface area contributed by atoms with Gasteiger partial charge in [-0.15, -0.1) is 0 Å². The fraction of sp³-hybridized carbons (Fsp3) is 0.600. The molecule has 0 bridgehead atoms. The largest absolute Gasteiger partial charge is 0.496 e. The third kappa shape index (κ3) is 4.67. The fourth-order valence-electron chi connectivity index (χ4n) is 2.27. The highest BCUT2D eigenvalue weighted by molar-refractivity contribution is 5.37. The van der Waals surface area contributed by atoms with Crippen LogP contribution in [0.1, 0.15) is 31.9 Å². The molecule has 0 aliphatic carbocycles. The average molecular weight is 250 g/mol. The van der Waals surface area contributed by atoms with E-state index in [2.05, 4.69) is 44.9 Å². The molecule has 0 aliphatic rings. The lowest BCUT2D eigenvalue weighted by Crippen LogP contribution is -2.28. The first-order chi connectivity index (χ1) is 8.35. The van der Waals surface area contributed by atoms with Gasteiger partial charge in [-0.1, -0.05) is 26.8 Å². The van der Waals surface area contributed by atoms with Crippen LogP contribution in [0.4, 0.5) is 0 Å². The molecule has 0 saturated heterocycles. The fourth-order valence-corrected chi connectivity index (χ4v) is 2.27. The van der Waals surface area contributed by atoms with Crippen molar-refractivity contribution in [2.45, 2.75) is 33.9 Å². The summed E-state index contributed by atoms with van der Waals surface area (Å²) in [5, 5.41) is 0. The molecule has 0 atom stereocenters. The van der Waals surface area contributed by atoms with E-state index in [9.17, 15) is 0 Å². The predicted octanol–water partition coefficient (Wildman–Crippen LogP) is 2.63. The van der Waals surface area contributed by atoms with Gasteiger partial charge >= 0.3 is 0 Å². The lowest BCUT2D eigenvalue weighted by atomic mass is 9.96. The van der Waals surface area contributed by atoms with Crippen LogP contribution in [0, 0.1) is 5.41 Å². The second-order valence-electron chi connectivity index (χ2n) is 6.08. The maximum absolute atomic E-state index is 5.73. The van der Waals surface area contributed by atoms with Crippen LogP contribution in [-0.4, -0.2) is 25.6 Å². The normalized spacial score (nSPS) is 11.9. The van der Waals surface area contributed by atoms with Crippen molar-refractivity contribution in [3.05, 3.63) is 29.3 Å². The van der Waals surface area contributed by atoms with Gasteiger partial charge in [-0.2, -0.15) is 0 Å². The Bertz CT molecular complexity index is 383. The minimum absolute atomic E-state index is 0.317. The number of rotatable bonds is 5. The number of hydrogen-bond acceptors (Lipinski definition) is 3. The first-order valence-corrected chi connectivity index (χ1v) is 6.40. The van der Waals surface area contributed by atoms with Crippen molar-refractivity contribution in [2.75, 3.05) is 20.7 Å². The van der Waals surface area contributed by atoms with E-state index in [-0.39, 0.29) is 0 Å². The molecule has 0 heterocycles. The van der Waals surface area contributed by atoms with Crippen molar-refractivity contribution in [3.63, 3.8) is 0 Å². The van der Waals surface area contributed by atoms with Gasteiger partial charge in [-0.3, -0.25) is 0 Å². The van der Waals surface area contributed by atoms with Gasteiger partial charge in [-0.25, -0.2) is 0 Å². The summed E-state index contributed by atoms with van der Waals surface area (Å²) in [4.78, 5) is 2.34. The summed E-state index contributed by atoms with van der Waals surface area (Å²) in [5.41, 5.74) is 8.40. The van der Waals surface area contributed by atoms with Crippen molar-refractivity contribution >= 4 is 0 Å². The Hall–Kier alpha value is -1.06. The zero-order valence-corrected chi connectivity index (χ0v) is 12.3. The predicted molar refractivity (Wildman–Crippen MR) is 76.7 cm³/mol. The lowest BCUT2D eigenvalue weighted by Gasteiger charge is -2.26. The van der Waals surface area contributed by atoms with Gasteiger partial charge in [-0.05, 0) is 30.2 Å². The van der Waals surface area contributed by atoms with Crippen molar-refractivity contribution in [2.24, 2.45) is 11.1 Å². The average Bonchev–Trinajstić information content (AvgIpc) is 2.26. The molecule has 2 N–H and O–H groups in total.